The highest BCUT2D eigenvalue weighted by Crippen LogP contribution is 2.41. The summed E-state index contributed by atoms with van der Waals surface area (Å²) in [6, 6.07) is 4.87. The molecule has 1 atom stereocenters. The molecule has 1 aliphatic carbocycles. The van der Waals surface area contributed by atoms with E-state index in [-0.39, 0.29) is 0 Å². The van der Waals surface area contributed by atoms with Crippen molar-refractivity contribution < 1.29 is 0 Å². The van der Waals surface area contributed by atoms with Gasteiger partial charge in [0.1, 0.15) is 0 Å². The molecule has 0 saturated heterocycles. The Morgan fingerprint density at radius 2 is 1.95 bits per heavy atom. The van der Waals surface area contributed by atoms with Gasteiger partial charge in [0.2, 0.25) is 0 Å². The van der Waals surface area contributed by atoms with E-state index in [0.717, 1.165) is 24.8 Å². The van der Waals surface area contributed by atoms with Crippen molar-refractivity contribution in [3.63, 3.8) is 0 Å². The van der Waals surface area contributed by atoms with Gasteiger partial charge in [-0.25, -0.2) is 0 Å². The van der Waals surface area contributed by atoms with Gasteiger partial charge in [-0.15, -0.1) is 0 Å². The second kappa shape index (κ2) is 7.40. The van der Waals surface area contributed by atoms with E-state index in [0.29, 0.717) is 11.5 Å². The number of pyridine rings is 1. The van der Waals surface area contributed by atoms with Crippen LogP contribution in [0.5, 0.6) is 0 Å². The molecule has 0 aromatic carbocycles. The van der Waals surface area contributed by atoms with Crippen molar-refractivity contribution in [2.45, 2.75) is 65.8 Å². The lowest BCUT2D eigenvalue weighted by Gasteiger charge is -2.39. The quantitative estimate of drug-likeness (QED) is 0.865. The van der Waals surface area contributed by atoms with Gasteiger partial charge in [0.25, 0.3) is 0 Å². The Hall–Kier alpha value is -0.890. The van der Waals surface area contributed by atoms with E-state index in [2.05, 4.69) is 50.1 Å². The summed E-state index contributed by atoms with van der Waals surface area (Å²) < 4.78 is 0. The van der Waals surface area contributed by atoms with Crippen molar-refractivity contribution in [2.75, 3.05) is 6.54 Å². The molecule has 1 aromatic rings. The highest BCUT2D eigenvalue weighted by atomic mass is 14.9. The van der Waals surface area contributed by atoms with Gasteiger partial charge in [-0.2, -0.15) is 0 Å². The van der Waals surface area contributed by atoms with Crippen LogP contribution in [0.4, 0.5) is 0 Å². The molecule has 1 aromatic heterocycles. The first-order chi connectivity index (χ1) is 10.0. The average molecular weight is 288 g/mol. The number of nitrogens with zero attached hydrogens (tertiary/aromatic N) is 1. The molecule has 2 rings (SSSR count). The molecule has 1 heterocycles. The zero-order valence-corrected chi connectivity index (χ0v) is 14.2. The van der Waals surface area contributed by atoms with Crippen molar-refractivity contribution in [1.82, 2.24) is 10.3 Å². The van der Waals surface area contributed by atoms with Crippen LogP contribution in [0.15, 0.2) is 24.5 Å². The molecule has 0 radical (unpaired) electrons. The van der Waals surface area contributed by atoms with E-state index < -0.39 is 0 Å². The molecular formula is C19H32N2. The van der Waals surface area contributed by atoms with E-state index in [9.17, 15) is 0 Å². The highest BCUT2D eigenvalue weighted by molar-refractivity contribution is 5.10. The Bertz CT molecular complexity index is 399. The third-order valence-corrected chi connectivity index (χ3v) is 5.21. The lowest BCUT2D eigenvalue weighted by Crippen LogP contribution is -2.40. The maximum atomic E-state index is 4.26. The lowest BCUT2D eigenvalue weighted by atomic mass is 9.68. The molecule has 1 aliphatic rings. The number of likely N-dealkylation sites (N-methyl/N-ethyl adjacent to an activating group) is 1. The Balaban J connectivity index is 1.94. The van der Waals surface area contributed by atoms with Crippen molar-refractivity contribution in [2.24, 2.45) is 17.3 Å². The first-order valence-corrected chi connectivity index (χ1v) is 8.63. The Morgan fingerprint density at radius 1 is 1.24 bits per heavy atom. The topological polar surface area (TPSA) is 24.9 Å². The number of aromatic nitrogens is 1. The van der Waals surface area contributed by atoms with Gasteiger partial charge < -0.3 is 5.32 Å². The Kier molecular flexibility index (Phi) is 5.80. The summed E-state index contributed by atoms with van der Waals surface area (Å²) in [6.45, 7) is 10.5. The molecule has 1 saturated carbocycles. The van der Waals surface area contributed by atoms with E-state index >= 15 is 0 Å². The fourth-order valence-corrected chi connectivity index (χ4v) is 3.83. The lowest BCUT2D eigenvalue weighted by molar-refractivity contribution is 0.132. The summed E-state index contributed by atoms with van der Waals surface area (Å²) in [7, 11) is 0. The molecule has 1 fully saturated rings. The van der Waals surface area contributed by atoms with E-state index in [1.807, 2.05) is 12.4 Å². The normalized spacial score (nSPS) is 24.8. The van der Waals surface area contributed by atoms with Crippen LogP contribution in [-0.4, -0.2) is 17.6 Å². The fraction of sp³-hybridized carbons (Fsp3) is 0.737. The number of hydrogen-bond donors (Lipinski definition) is 1. The molecule has 0 spiro atoms. The predicted octanol–water partition coefficient (Wildman–Crippen LogP) is 4.45. The van der Waals surface area contributed by atoms with Gasteiger partial charge in [-0.1, -0.05) is 33.8 Å². The second-order valence-electron chi connectivity index (χ2n) is 7.71. The summed E-state index contributed by atoms with van der Waals surface area (Å²) in [6.07, 6.45) is 10.5. The Morgan fingerprint density at radius 3 is 2.48 bits per heavy atom. The Labute approximate surface area is 130 Å². The standard InChI is InChI=1S/C19H32N2/c1-5-21-18(13-15-7-6-12-20-14-15)16-8-10-17(11-9-16)19(2,3)4/h6-7,12,14,16-18,21H,5,8-11,13H2,1-4H3. The zero-order valence-electron chi connectivity index (χ0n) is 14.2. The minimum Gasteiger partial charge on any atom is -0.314 e. The van der Waals surface area contributed by atoms with Crippen LogP contribution >= 0.6 is 0 Å². The smallest absolute Gasteiger partial charge is 0.0300 e. The summed E-state index contributed by atoms with van der Waals surface area (Å²) in [5.74, 6) is 1.72. The van der Waals surface area contributed by atoms with E-state index in [4.69, 9.17) is 0 Å². The number of nitrogens with one attached hydrogen (secondary N) is 1. The van der Waals surface area contributed by atoms with E-state index in [1.54, 1.807) is 0 Å². The van der Waals surface area contributed by atoms with Crippen LogP contribution in [0.2, 0.25) is 0 Å². The minimum absolute atomic E-state index is 0.474. The van der Waals surface area contributed by atoms with Gasteiger partial charge in [0.15, 0.2) is 0 Å². The molecule has 0 amide bonds. The van der Waals surface area contributed by atoms with Gasteiger partial charge in [0, 0.05) is 18.4 Å². The number of rotatable bonds is 5. The maximum Gasteiger partial charge on any atom is 0.0300 e. The molecule has 0 aliphatic heterocycles. The molecular weight excluding hydrogens is 256 g/mol. The molecule has 1 unspecified atom stereocenters. The summed E-state index contributed by atoms with van der Waals surface area (Å²) in [5, 5.41) is 3.73. The number of hydrogen-bond acceptors (Lipinski definition) is 2. The first kappa shape index (κ1) is 16.5. The van der Waals surface area contributed by atoms with Gasteiger partial charge in [-0.05, 0) is 67.5 Å². The van der Waals surface area contributed by atoms with Crippen molar-refractivity contribution in [1.29, 1.82) is 0 Å². The second-order valence-corrected chi connectivity index (χ2v) is 7.71. The molecule has 21 heavy (non-hydrogen) atoms. The molecule has 118 valence electrons. The maximum absolute atomic E-state index is 4.26. The summed E-state index contributed by atoms with van der Waals surface area (Å²) in [5.41, 5.74) is 1.84. The minimum atomic E-state index is 0.474. The predicted molar refractivity (Wildman–Crippen MR) is 90.3 cm³/mol. The average Bonchev–Trinajstić information content (AvgIpc) is 2.47. The summed E-state index contributed by atoms with van der Waals surface area (Å²) >= 11 is 0. The molecule has 2 heteroatoms. The zero-order chi connectivity index (χ0) is 15.3. The van der Waals surface area contributed by atoms with Crippen LogP contribution in [0.1, 0.15) is 58.9 Å². The van der Waals surface area contributed by atoms with Crippen LogP contribution in [-0.2, 0) is 6.42 Å². The van der Waals surface area contributed by atoms with E-state index in [1.165, 1.54) is 31.2 Å². The fourth-order valence-electron chi connectivity index (χ4n) is 3.83. The van der Waals surface area contributed by atoms with Crippen molar-refractivity contribution in [3.05, 3.63) is 30.1 Å². The monoisotopic (exact) mass is 288 g/mol. The van der Waals surface area contributed by atoms with Crippen molar-refractivity contribution >= 4 is 0 Å². The molecule has 2 nitrogen and oxygen atoms in total. The third kappa shape index (κ3) is 4.81. The third-order valence-electron chi connectivity index (χ3n) is 5.21. The molecule has 0 bridgehead atoms. The SMILES string of the molecule is CCNC(Cc1cccnc1)C1CCC(C(C)(C)C)CC1. The molecule has 1 N–H and O–H groups in total. The van der Waals surface area contributed by atoms with Crippen LogP contribution in [0.3, 0.4) is 0 Å². The highest BCUT2D eigenvalue weighted by Gasteiger charge is 2.32. The van der Waals surface area contributed by atoms with Gasteiger partial charge >= 0.3 is 0 Å². The van der Waals surface area contributed by atoms with Gasteiger partial charge in [0.05, 0.1) is 0 Å². The van der Waals surface area contributed by atoms with Gasteiger partial charge in [-0.3, -0.25) is 4.98 Å². The van der Waals surface area contributed by atoms with Crippen LogP contribution in [0.25, 0.3) is 0 Å². The largest absolute Gasteiger partial charge is 0.314 e. The summed E-state index contributed by atoms with van der Waals surface area (Å²) in [4.78, 5) is 4.26. The van der Waals surface area contributed by atoms with Crippen LogP contribution < -0.4 is 5.32 Å². The van der Waals surface area contributed by atoms with Crippen LogP contribution in [0, 0.1) is 17.3 Å². The first-order valence-electron chi connectivity index (χ1n) is 8.63. The van der Waals surface area contributed by atoms with Crippen molar-refractivity contribution in [3.8, 4) is 0 Å².